The van der Waals surface area contributed by atoms with Crippen LogP contribution in [0.25, 0.3) is 5.57 Å². The Balaban J connectivity index is 1.83. The van der Waals surface area contributed by atoms with Crippen molar-refractivity contribution in [1.82, 2.24) is 4.98 Å². The Kier molecular flexibility index (Phi) is 4.35. The van der Waals surface area contributed by atoms with E-state index in [0.717, 1.165) is 12.0 Å². The number of rotatable bonds is 4. The van der Waals surface area contributed by atoms with Crippen LogP contribution in [0.1, 0.15) is 17.5 Å². The maximum absolute atomic E-state index is 5.83. The van der Waals surface area contributed by atoms with E-state index in [-0.39, 0.29) is 0 Å². The third kappa shape index (κ3) is 3.26. The van der Waals surface area contributed by atoms with Crippen LogP contribution in [0, 0.1) is 0 Å². The number of hydrogen-bond donors (Lipinski definition) is 1. The zero-order valence-electron chi connectivity index (χ0n) is 12.3. The Labute approximate surface area is 130 Å². The number of benzene rings is 1. The van der Waals surface area contributed by atoms with Crippen LogP contribution in [0.15, 0.2) is 73.0 Å². The second-order valence-electron chi connectivity index (χ2n) is 5.04. The number of allylic oxidation sites excluding steroid dienone is 6. The van der Waals surface area contributed by atoms with Gasteiger partial charge in [0, 0.05) is 6.20 Å². The number of aromatic nitrogens is 1. The SMILES string of the molecule is Nc1ncccc1OCc1ccccc1C1=CC=CC=CC1. The fourth-order valence-corrected chi connectivity index (χ4v) is 2.42. The van der Waals surface area contributed by atoms with E-state index in [0.29, 0.717) is 18.2 Å². The van der Waals surface area contributed by atoms with E-state index < -0.39 is 0 Å². The van der Waals surface area contributed by atoms with Crippen molar-refractivity contribution in [1.29, 1.82) is 0 Å². The second kappa shape index (κ2) is 6.76. The molecule has 1 aliphatic rings. The largest absolute Gasteiger partial charge is 0.485 e. The van der Waals surface area contributed by atoms with E-state index in [1.54, 1.807) is 6.20 Å². The molecular formula is C19H18N2O. The summed E-state index contributed by atoms with van der Waals surface area (Å²) in [6, 6.07) is 11.9. The van der Waals surface area contributed by atoms with Crippen LogP contribution < -0.4 is 10.5 Å². The molecule has 2 aromatic rings. The lowest BCUT2D eigenvalue weighted by molar-refractivity contribution is 0.306. The predicted molar refractivity (Wildman–Crippen MR) is 90.3 cm³/mol. The van der Waals surface area contributed by atoms with Gasteiger partial charge in [0.2, 0.25) is 0 Å². The number of pyridine rings is 1. The molecule has 0 aliphatic heterocycles. The normalized spacial score (nSPS) is 13.5. The first-order valence-corrected chi connectivity index (χ1v) is 7.28. The van der Waals surface area contributed by atoms with E-state index in [9.17, 15) is 0 Å². The van der Waals surface area contributed by atoms with Crippen molar-refractivity contribution in [3.05, 3.63) is 84.1 Å². The van der Waals surface area contributed by atoms with E-state index >= 15 is 0 Å². The van der Waals surface area contributed by atoms with Crippen LogP contribution in [-0.4, -0.2) is 4.98 Å². The molecule has 0 saturated heterocycles. The molecule has 0 saturated carbocycles. The first-order chi connectivity index (χ1) is 10.8. The van der Waals surface area contributed by atoms with Crippen molar-refractivity contribution in [2.24, 2.45) is 0 Å². The van der Waals surface area contributed by atoms with Crippen molar-refractivity contribution in [3.63, 3.8) is 0 Å². The average molecular weight is 290 g/mol. The molecule has 3 nitrogen and oxygen atoms in total. The Morgan fingerprint density at radius 3 is 2.86 bits per heavy atom. The molecule has 0 bridgehead atoms. The van der Waals surface area contributed by atoms with Crippen LogP contribution >= 0.6 is 0 Å². The fraction of sp³-hybridized carbons (Fsp3) is 0.105. The summed E-state index contributed by atoms with van der Waals surface area (Å²) in [5, 5.41) is 0. The number of ether oxygens (including phenoxy) is 1. The van der Waals surface area contributed by atoms with Gasteiger partial charge in [-0.2, -0.15) is 0 Å². The van der Waals surface area contributed by atoms with E-state index in [2.05, 4.69) is 47.5 Å². The topological polar surface area (TPSA) is 48.1 Å². The molecule has 2 N–H and O–H groups in total. The Morgan fingerprint density at radius 2 is 1.95 bits per heavy atom. The number of anilines is 1. The molecule has 0 radical (unpaired) electrons. The molecule has 1 heterocycles. The quantitative estimate of drug-likeness (QED) is 0.920. The molecule has 3 rings (SSSR count). The minimum Gasteiger partial charge on any atom is -0.485 e. The van der Waals surface area contributed by atoms with E-state index in [1.807, 2.05) is 24.3 Å². The predicted octanol–water partition coefficient (Wildman–Crippen LogP) is 4.14. The van der Waals surface area contributed by atoms with E-state index in [1.165, 1.54) is 11.1 Å². The monoisotopic (exact) mass is 290 g/mol. The molecule has 0 fully saturated rings. The van der Waals surface area contributed by atoms with E-state index in [4.69, 9.17) is 10.5 Å². The molecule has 0 amide bonds. The highest BCUT2D eigenvalue weighted by atomic mass is 16.5. The summed E-state index contributed by atoms with van der Waals surface area (Å²) in [4.78, 5) is 4.04. The summed E-state index contributed by atoms with van der Waals surface area (Å²) in [5.41, 5.74) is 9.45. The molecule has 1 aliphatic carbocycles. The zero-order chi connectivity index (χ0) is 15.2. The number of nitrogen functional groups attached to an aromatic ring is 1. The number of hydrogen-bond acceptors (Lipinski definition) is 3. The number of nitrogens with zero attached hydrogens (tertiary/aromatic N) is 1. The molecule has 1 aromatic heterocycles. The Bertz CT molecular complexity index is 745. The lowest BCUT2D eigenvalue weighted by atomic mass is 9.97. The van der Waals surface area contributed by atoms with Crippen molar-refractivity contribution in [3.8, 4) is 5.75 Å². The van der Waals surface area contributed by atoms with Gasteiger partial charge in [0.25, 0.3) is 0 Å². The van der Waals surface area contributed by atoms with Gasteiger partial charge in [0.1, 0.15) is 6.61 Å². The van der Waals surface area contributed by atoms with Crippen LogP contribution in [-0.2, 0) is 6.61 Å². The van der Waals surface area contributed by atoms with Crippen molar-refractivity contribution in [2.75, 3.05) is 5.73 Å². The van der Waals surface area contributed by atoms with Gasteiger partial charge >= 0.3 is 0 Å². The summed E-state index contributed by atoms with van der Waals surface area (Å²) in [5.74, 6) is 1.03. The highest BCUT2D eigenvalue weighted by Crippen LogP contribution is 2.26. The molecule has 0 unspecified atom stereocenters. The van der Waals surface area contributed by atoms with Crippen LogP contribution in [0.5, 0.6) is 5.75 Å². The number of nitrogens with two attached hydrogens (primary N) is 1. The minimum absolute atomic E-state index is 0.416. The van der Waals surface area contributed by atoms with Crippen LogP contribution in [0.2, 0.25) is 0 Å². The Hall–Kier alpha value is -2.81. The molecule has 22 heavy (non-hydrogen) atoms. The van der Waals surface area contributed by atoms with Gasteiger partial charge in [-0.1, -0.05) is 54.6 Å². The summed E-state index contributed by atoms with van der Waals surface area (Å²) < 4.78 is 5.83. The highest BCUT2D eigenvalue weighted by Gasteiger charge is 2.08. The summed E-state index contributed by atoms with van der Waals surface area (Å²) in [6.45, 7) is 0.469. The smallest absolute Gasteiger partial charge is 0.166 e. The lowest BCUT2D eigenvalue weighted by Gasteiger charge is -2.13. The molecule has 3 heteroatoms. The van der Waals surface area contributed by atoms with Crippen molar-refractivity contribution in [2.45, 2.75) is 13.0 Å². The van der Waals surface area contributed by atoms with Crippen molar-refractivity contribution < 1.29 is 4.74 Å². The minimum atomic E-state index is 0.416. The standard InChI is InChI=1S/C19H18N2O/c20-19-18(12-7-13-21-19)22-14-16-10-5-6-11-17(16)15-8-3-1-2-4-9-15/h1-8,10-13H,9,14H2,(H2,20,21). The zero-order valence-corrected chi connectivity index (χ0v) is 12.3. The maximum atomic E-state index is 5.83. The van der Waals surface area contributed by atoms with Crippen LogP contribution in [0.3, 0.4) is 0 Å². The van der Waals surface area contributed by atoms with Gasteiger partial charge in [0.05, 0.1) is 0 Å². The van der Waals surface area contributed by atoms with Gasteiger partial charge < -0.3 is 10.5 Å². The second-order valence-corrected chi connectivity index (χ2v) is 5.04. The third-order valence-electron chi connectivity index (χ3n) is 3.54. The third-order valence-corrected chi connectivity index (χ3v) is 3.54. The lowest BCUT2D eigenvalue weighted by Crippen LogP contribution is -2.02. The van der Waals surface area contributed by atoms with Gasteiger partial charge in [0.15, 0.2) is 11.6 Å². The Morgan fingerprint density at radius 1 is 1.05 bits per heavy atom. The molecule has 0 spiro atoms. The van der Waals surface area contributed by atoms with Crippen LogP contribution in [0.4, 0.5) is 5.82 Å². The summed E-state index contributed by atoms with van der Waals surface area (Å²) >= 11 is 0. The summed E-state index contributed by atoms with van der Waals surface area (Å²) in [7, 11) is 0. The van der Waals surface area contributed by atoms with Gasteiger partial charge in [-0.15, -0.1) is 0 Å². The summed E-state index contributed by atoms with van der Waals surface area (Å²) in [6.07, 6.45) is 13.1. The first-order valence-electron chi connectivity index (χ1n) is 7.28. The first kappa shape index (κ1) is 14.1. The van der Waals surface area contributed by atoms with Gasteiger partial charge in [-0.05, 0) is 35.3 Å². The molecule has 110 valence electrons. The van der Waals surface area contributed by atoms with Gasteiger partial charge in [-0.25, -0.2) is 4.98 Å². The molecular weight excluding hydrogens is 272 g/mol. The molecule has 1 aromatic carbocycles. The maximum Gasteiger partial charge on any atom is 0.166 e. The molecule has 0 atom stereocenters. The van der Waals surface area contributed by atoms with Gasteiger partial charge in [-0.3, -0.25) is 0 Å². The highest BCUT2D eigenvalue weighted by molar-refractivity contribution is 5.71. The fourth-order valence-electron chi connectivity index (χ4n) is 2.42. The van der Waals surface area contributed by atoms with Crippen molar-refractivity contribution >= 4 is 11.4 Å². The average Bonchev–Trinajstić information content (AvgIpc) is 2.84.